The molecule has 8 nitrogen and oxygen atoms in total. The van der Waals surface area contributed by atoms with Crippen molar-refractivity contribution in [2.75, 3.05) is 26.3 Å². The van der Waals surface area contributed by atoms with Crippen LogP contribution in [0.3, 0.4) is 0 Å². The predicted octanol–water partition coefficient (Wildman–Crippen LogP) is 1.33. The lowest BCUT2D eigenvalue weighted by Crippen LogP contribution is -2.35. The highest BCUT2D eigenvalue weighted by Gasteiger charge is 2.21. The van der Waals surface area contributed by atoms with Crippen LogP contribution in [0.25, 0.3) is 0 Å². The third-order valence-electron chi connectivity index (χ3n) is 4.44. The summed E-state index contributed by atoms with van der Waals surface area (Å²) in [7, 11) is 0. The summed E-state index contributed by atoms with van der Waals surface area (Å²) in [5, 5.41) is 13.2. The molecule has 0 radical (unpaired) electrons. The van der Waals surface area contributed by atoms with E-state index in [-0.39, 0.29) is 11.3 Å². The van der Waals surface area contributed by atoms with E-state index in [1.165, 1.54) is 17.2 Å². The van der Waals surface area contributed by atoms with Crippen LogP contribution in [0, 0.1) is 0 Å². The van der Waals surface area contributed by atoms with Crippen LogP contribution in [0.5, 0.6) is 0 Å². The number of aliphatic carboxylic acids is 1. The quantitative estimate of drug-likeness (QED) is 0.752. The highest BCUT2D eigenvalue weighted by Crippen LogP contribution is 2.13. The number of hydrogen-bond acceptors (Lipinski definition) is 5. The minimum absolute atomic E-state index is 0.210. The molecule has 140 valence electrons. The fraction of sp³-hybridized carbons (Fsp3) is 0.471. The van der Waals surface area contributed by atoms with Gasteiger partial charge in [0, 0.05) is 19.6 Å². The summed E-state index contributed by atoms with van der Waals surface area (Å²) in [5.74, 6) is -1.08. The van der Waals surface area contributed by atoms with E-state index in [2.05, 4.69) is 25.9 Å². The smallest absolute Gasteiger partial charge is 0.347 e. The fourth-order valence-electron chi connectivity index (χ4n) is 2.87. The van der Waals surface area contributed by atoms with Gasteiger partial charge in [-0.3, -0.25) is 9.47 Å². The maximum Gasteiger partial charge on any atom is 0.347 e. The normalized spacial score (nSPS) is 16.5. The first kappa shape index (κ1) is 18.8. The fourth-order valence-corrected chi connectivity index (χ4v) is 3.52. The number of ether oxygens (including phenoxy) is 1. The number of morpholine rings is 1. The van der Waals surface area contributed by atoms with Gasteiger partial charge in [0.05, 0.1) is 19.8 Å². The Balaban J connectivity index is 1.70. The van der Waals surface area contributed by atoms with Crippen LogP contribution in [0.1, 0.15) is 24.1 Å². The number of carboxylic acids is 1. The zero-order valence-electron chi connectivity index (χ0n) is 14.5. The standard InChI is InChI=1S/C17H21BrN4O4/c1-12(15(23)24)22-16(18)19-21(17(22)25)11-14-4-2-13(3-5-14)10-20-6-8-26-9-7-20/h2-5,12H,6-11H2,1H3,(H,23,24). The first-order valence-corrected chi connectivity index (χ1v) is 9.20. The molecule has 0 aliphatic carbocycles. The van der Waals surface area contributed by atoms with Gasteiger partial charge in [-0.1, -0.05) is 24.3 Å². The Hall–Kier alpha value is -1.97. The minimum atomic E-state index is -1.08. The third-order valence-corrected chi connectivity index (χ3v) is 4.98. The van der Waals surface area contributed by atoms with Gasteiger partial charge >= 0.3 is 11.7 Å². The van der Waals surface area contributed by atoms with Crippen molar-refractivity contribution in [2.24, 2.45) is 0 Å². The van der Waals surface area contributed by atoms with Crippen molar-refractivity contribution in [1.82, 2.24) is 19.2 Å². The number of hydrogen-bond donors (Lipinski definition) is 1. The molecule has 0 spiro atoms. The number of carbonyl (C=O) groups is 1. The summed E-state index contributed by atoms with van der Waals surface area (Å²) in [6.45, 7) is 6.02. The molecule has 1 aromatic carbocycles. The molecule has 1 aliphatic heterocycles. The molecular formula is C17H21BrN4O4. The Morgan fingerprint density at radius 2 is 1.81 bits per heavy atom. The molecule has 1 saturated heterocycles. The molecule has 0 saturated carbocycles. The minimum Gasteiger partial charge on any atom is -0.480 e. The Morgan fingerprint density at radius 3 is 2.38 bits per heavy atom. The van der Waals surface area contributed by atoms with Gasteiger partial charge in [-0.05, 0) is 34.0 Å². The van der Waals surface area contributed by atoms with Gasteiger partial charge in [0.2, 0.25) is 4.73 Å². The Morgan fingerprint density at radius 1 is 1.23 bits per heavy atom. The lowest BCUT2D eigenvalue weighted by Gasteiger charge is -2.26. The number of rotatable bonds is 6. The van der Waals surface area contributed by atoms with Crippen LogP contribution in [0.15, 0.2) is 33.8 Å². The second-order valence-electron chi connectivity index (χ2n) is 6.30. The molecule has 1 aliphatic rings. The molecule has 3 rings (SSSR count). The van der Waals surface area contributed by atoms with E-state index < -0.39 is 17.7 Å². The first-order valence-electron chi connectivity index (χ1n) is 8.41. The Bertz CT molecular complexity index is 824. The second kappa shape index (κ2) is 8.15. The van der Waals surface area contributed by atoms with E-state index in [1.807, 2.05) is 24.3 Å². The summed E-state index contributed by atoms with van der Waals surface area (Å²) < 4.78 is 7.95. The molecule has 1 atom stereocenters. The van der Waals surface area contributed by atoms with Crippen molar-refractivity contribution in [1.29, 1.82) is 0 Å². The molecule has 26 heavy (non-hydrogen) atoms. The number of aromatic nitrogens is 3. The maximum atomic E-state index is 12.4. The average Bonchev–Trinajstić information content (AvgIpc) is 2.90. The van der Waals surface area contributed by atoms with Gasteiger partial charge in [0.15, 0.2) is 0 Å². The number of halogens is 1. The third kappa shape index (κ3) is 4.22. The largest absolute Gasteiger partial charge is 0.480 e. The van der Waals surface area contributed by atoms with Gasteiger partial charge < -0.3 is 9.84 Å². The number of nitrogens with zero attached hydrogens (tertiary/aromatic N) is 4. The molecule has 1 unspecified atom stereocenters. The monoisotopic (exact) mass is 424 g/mol. The summed E-state index contributed by atoms with van der Waals surface area (Å²) in [5.41, 5.74) is 1.68. The van der Waals surface area contributed by atoms with E-state index >= 15 is 0 Å². The Kier molecular flexibility index (Phi) is 5.90. The lowest BCUT2D eigenvalue weighted by molar-refractivity contribution is -0.140. The maximum absolute atomic E-state index is 12.4. The van der Waals surface area contributed by atoms with Crippen molar-refractivity contribution < 1.29 is 14.6 Å². The highest BCUT2D eigenvalue weighted by atomic mass is 79.9. The van der Waals surface area contributed by atoms with Gasteiger partial charge in [0.1, 0.15) is 6.04 Å². The van der Waals surface area contributed by atoms with E-state index in [4.69, 9.17) is 9.84 Å². The van der Waals surface area contributed by atoms with Crippen molar-refractivity contribution in [2.45, 2.75) is 26.1 Å². The van der Waals surface area contributed by atoms with Gasteiger partial charge in [0.25, 0.3) is 0 Å². The van der Waals surface area contributed by atoms with Crippen LogP contribution in [-0.4, -0.2) is 56.6 Å². The van der Waals surface area contributed by atoms with E-state index in [0.29, 0.717) is 0 Å². The molecule has 0 bridgehead atoms. The second-order valence-corrected chi connectivity index (χ2v) is 7.01. The highest BCUT2D eigenvalue weighted by molar-refractivity contribution is 9.10. The van der Waals surface area contributed by atoms with Crippen LogP contribution in [-0.2, 0) is 22.6 Å². The van der Waals surface area contributed by atoms with E-state index in [1.54, 1.807) is 0 Å². The number of benzene rings is 1. The molecule has 0 amide bonds. The summed E-state index contributed by atoms with van der Waals surface area (Å²) in [6, 6.07) is 7.04. The molecule has 9 heteroatoms. The number of carboxylic acid groups (broad SMARTS) is 1. The van der Waals surface area contributed by atoms with Crippen molar-refractivity contribution in [3.63, 3.8) is 0 Å². The van der Waals surface area contributed by atoms with Gasteiger partial charge in [-0.15, -0.1) is 5.10 Å². The zero-order valence-corrected chi connectivity index (χ0v) is 16.1. The molecule has 2 aromatic rings. The van der Waals surface area contributed by atoms with Crippen LogP contribution < -0.4 is 5.69 Å². The first-order chi connectivity index (χ1) is 12.5. The van der Waals surface area contributed by atoms with Crippen LogP contribution >= 0.6 is 15.9 Å². The van der Waals surface area contributed by atoms with E-state index in [9.17, 15) is 9.59 Å². The lowest BCUT2D eigenvalue weighted by atomic mass is 10.1. The predicted molar refractivity (Wildman–Crippen MR) is 98.2 cm³/mol. The van der Waals surface area contributed by atoms with E-state index in [0.717, 1.165) is 43.0 Å². The molecule has 1 fully saturated rings. The van der Waals surface area contributed by atoms with Crippen molar-refractivity contribution >= 4 is 21.9 Å². The summed E-state index contributed by atoms with van der Waals surface area (Å²) >= 11 is 3.17. The topological polar surface area (TPSA) is 89.6 Å². The average molecular weight is 425 g/mol. The molecular weight excluding hydrogens is 404 g/mol. The molecule has 1 N–H and O–H groups in total. The molecule has 1 aromatic heterocycles. The van der Waals surface area contributed by atoms with Crippen LogP contribution in [0.2, 0.25) is 0 Å². The molecule has 2 heterocycles. The van der Waals surface area contributed by atoms with Gasteiger partial charge in [-0.2, -0.15) is 0 Å². The van der Waals surface area contributed by atoms with Crippen LogP contribution in [0.4, 0.5) is 0 Å². The van der Waals surface area contributed by atoms with Crippen molar-refractivity contribution in [3.8, 4) is 0 Å². The van der Waals surface area contributed by atoms with Gasteiger partial charge in [-0.25, -0.2) is 14.3 Å². The summed E-state index contributed by atoms with van der Waals surface area (Å²) in [6.07, 6.45) is 0. The Labute approximate surface area is 159 Å². The van der Waals surface area contributed by atoms with Crippen molar-refractivity contribution in [3.05, 3.63) is 50.6 Å². The SMILES string of the molecule is CC(C(=O)O)n1c(Br)nn(Cc2ccc(CN3CCOCC3)cc2)c1=O. The zero-order chi connectivity index (χ0) is 18.7. The summed E-state index contributed by atoms with van der Waals surface area (Å²) in [4.78, 5) is 25.9.